The lowest BCUT2D eigenvalue weighted by Crippen LogP contribution is -2.37. The fourth-order valence-electron chi connectivity index (χ4n) is 4.81. The van der Waals surface area contributed by atoms with E-state index in [1.165, 1.54) is 16.8 Å². The Hall–Kier alpha value is -2.99. The van der Waals surface area contributed by atoms with Gasteiger partial charge in [0.15, 0.2) is 0 Å². The highest BCUT2D eigenvalue weighted by Crippen LogP contribution is 2.28. The first-order valence-electron chi connectivity index (χ1n) is 11.9. The highest BCUT2D eigenvalue weighted by molar-refractivity contribution is 5.80. The Morgan fingerprint density at radius 2 is 1.88 bits per heavy atom. The van der Waals surface area contributed by atoms with Crippen LogP contribution < -0.4 is 0 Å². The summed E-state index contributed by atoms with van der Waals surface area (Å²) in [6.45, 7) is 12.6. The number of pyridine rings is 1. The number of nitrogens with one attached hydrogen (secondary N) is 1. The molecule has 33 heavy (non-hydrogen) atoms. The smallest absolute Gasteiger partial charge is 0.227 e. The van der Waals surface area contributed by atoms with Crippen molar-refractivity contribution in [2.45, 2.75) is 46.1 Å². The van der Waals surface area contributed by atoms with Gasteiger partial charge in [-0.1, -0.05) is 51.1 Å². The second-order valence-electron chi connectivity index (χ2n) is 9.97. The summed E-state index contributed by atoms with van der Waals surface area (Å²) in [6.07, 6.45) is 6.34. The zero-order valence-corrected chi connectivity index (χ0v) is 20.2. The second kappa shape index (κ2) is 9.87. The van der Waals surface area contributed by atoms with E-state index in [2.05, 4.69) is 78.1 Å². The van der Waals surface area contributed by atoms with Gasteiger partial charge >= 0.3 is 0 Å². The summed E-state index contributed by atoms with van der Waals surface area (Å²) in [7, 11) is 0. The zero-order chi connectivity index (χ0) is 23.4. The van der Waals surface area contributed by atoms with Crippen molar-refractivity contribution in [2.24, 2.45) is 5.92 Å². The molecule has 174 valence electrons. The molecule has 0 bridgehead atoms. The molecule has 3 aromatic rings. The summed E-state index contributed by atoms with van der Waals surface area (Å²) in [5, 5.41) is 7.52. The van der Waals surface area contributed by atoms with Gasteiger partial charge in [-0.3, -0.25) is 19.8 Å². The van der Waals surface area contributed by atoms with Gasteiger partial charge in [0.05, 0.1) is 12.1 Å². The summed E-state index contributed by atoms with van der Waals surface area (Å²) in [5.74, 6) is 0.166. The Morgan fingerprint density at radius 1 is 1.06 bits per heavy atom. The van der Waals surface area contributed by atoms with Crippen LogP contribution in [0.15, 0.2) is 55.0 Å². The molecule has 1 amide bonds. The fraction of sp³-hybridized carbons (Fsp3) is 0.444. The Kier molecular flexibility index (Phi) is 6.94. The van der Waals surface area contributed by atoms with E-state index in [4.69, 9.17) is 0 Å². The maximum atomic E-state index is 13.5. The number of aromatic nitrogens is 3. The average molecular weight is 446 g/mol. The van der Waals surface area contributed by atoms with Crippen LogP contribution in [0, 0.1) is 5.92 Å². The summed E-state index contributed by atoms with van der Waals surface area (Å²) in [4.78, 5) is 22.2. The van der Waals surface area contributed by atoms with Crippen LogP contribution >= 0.6 is 0 Å². The van der Waals surface area contributed by atoms with Gasteiger partial charge in [0, 0.05) is 67.4 Å². The summed E-state index contributed by atoms with van der Waals surface area (Å²) >= 11 is 0. The molecule has 2 aromatic heterocycles. The van der Waals surface area contributed by atoms with E-state index in [9.17, 15) is 4.79 Å². The zero-order valence-electron chi connectivity index (χ0n) is 20.2. The maximum absolute atomic E-state index is 13.5. The van der Waals surface area contributed by atoms with E-state index in [1.807, 2.05) is 23.4 Å². The van der Waals surface area contributed by atoms with Crippen molar-refractivity contribution in [3.05, 3.63) is 71.8 Å². The lowest BCUT2D eigenvalue weighted by Gasteiger charge is -2.25. The lowest BCUT2D eigenvalue weighted by molar-refractivity contribution is -0.134. The van der Waals surface area contributed by atoms with Crippen LogP contribution in [0.4, 0.5) is 0 Å². The molecule has 0 aliphatic carbocycles. The summed E-state index contributed by atoms with van der Waals surface area (Å²) in [5.41, 5.74) is 5.83. The number of carbonyl (C=O) groups excluding carboxylic acids is 1. The van der Waals surface area contributed by atoms with Crippen molar-refractivity contribution in [1.82, 2.24) is 25.0 Å². The normalized spacial score (nSPS) is 17.9. The Bertz CT molecular complexity index is 1070. The van der Waals surface area contributed by atoms with Crippen LogP contribution in [0.5, 0.6) is 0 Å². The van der Waals surface area contributed by atoms with E-state index >= 15 is 0 Å². The molecule has 1 atom stereocenters. The molecule has 1 aromatic carbocycles. The van der Waals surface area contributed by atoms with Crippen LogP contribution in [0.1, 0.15) is 44.5 Å². The predicted octanol–water partition coefficient (Wildman–Crippen LogP) is 4.29. The Balaban J connectivity index is 1.59. The number of rotatable bonds is 6. The van der Waals surface area contributed by atoms with E-state index in [1.54, 1.807) is 6.20 Å². The van der Waals surface area contributed by atoms with E-state index in [-0.39, 0.29) is 17.2 Å². The Labute approximate surface area is 197 Å². The Morgan fingerprint density at radius 3 is 2.61 bits per heavy atom. The van der Waals surface area contributed by atoms with Crippen molar-refractivity contribution in [3.63, 3.8) is 0 Å². The number of hydrogen-bond donors (Lipinski definition) is 1. The third-order valence-corrected chi connectivity index (χ3v) is 6.53. The van der Waals surface area contributed by atoms with Crippen molar-refractivity contribution in [1.29, 1.82) is 0 Å². The molecule has 0 unspecified atom stereocenters. The second-order valence-corrected chi connectivity index (χ2v) is 9.97. The number of aromatic amines is 1. The van der Waals surface area contributed by atoms with Gasteiger partial charge in [-0.2, -0.15) is 5.10 Å². The van der Waals surface area contributed by atoms with Crippen LogP contribution in [0.25, 0.3) is 11.1 Å². The molecule has 1 aliphatic heterocycles. The van der Waals surface area contributed by atoms with Gasteiger partial charge in [0.1, 0.15) is 0 Å². The lowest BCUT2D eigenvalue weighted by atomic mass is 9.89. The summed E-state index contributed by atoms with van der Waals surface area (Å²) < 4.78 is 0. The molecule has 1 aliphatic rings. The molecule has 6 heteroatoms. The third kappa shape index (κ3) is 5.33. The van der Waals surface area contributed by atoms with E-state index < -0.39 is 0 Å². The third-order valence-electron chi connectivity index (χ3n) is 6.53. The number of benzene rings is 1. The fourth-order valence-corrected chi connectivity index (χ4v) is 4.81. The van der Waals surface area contributed by atoms with Crippen LogP contribution in [0.3, 0.4) is 0 Å². The number of hydrogen-bond acceptors (Lipinski definition) is 4. The largest absolute Gasteiger partial charge is 0.341 e. The van der Waals surface area contributed by atoms with Gasteiger partial charge < -0.3 is 4.90 Å². The number of nitrogens with zero attached hydrogens (tertiary/aromatic N) is 4. The highest BCUT2D eigenvalue weighted by atomic mass is 16.2. The predicted molar refractivity (Wildman–Crippen MR) is 132 cm³/mol. The van der Waals surface area contributed by atoms with Gasteiger partial charge in [0.25, 0.3) is 0 Å². The highest BCUT2D eigenvalue weighted by Gasteiger charge is 2.31. The van der Waals surface area contributed by atoms with E-state index in [0.29, 0.717) is 6.42 Å². The quantitative estimate of drug-likeness (QED) is 0.615. The summed E-state index contributed by atoms with van der Waals surface area (Å²) in [6, 6.07) is 12.4. The molecular weight excluding hydrogens is 410 g/mol. The van der Waals surface area contributed by atoms with Gasteiger partial charge in [0.2, 0.25) is 5.91 Å². The minimum absolute atomic E-state index is 0.00498. The molecule has 0 saturated carbocycles. The van der Waals surface area contributed by atoms with Gasteiger partial charge in [-0.15, -0.1) is 0 Å². The first-order chi connectivity index (χ1) is 15.9. The molecular formula is C27H35N5O. The topological polar surface area (TPSA) is 65.1 Å². The first-order valence-corrected chi connectivity index (χ1v) is 11.9. The monoisotopic (exact) mass is 445 g/mol. The average Bonchev–Trinajstić information content (AvgIpc) is 3.23. The van der Waals surface area contributed by atoms with Crippen molar-refractivity contribution >= 4 is 5.91 Å². The molecule has 4 rings (SSSR count). The van der Waals surface area contributed by atoms with Crippen molar-refractivity contribution in [3.8, 4) is 11.1 Å². The van der Waals surface area contributed by atoms with Crippen LogP contribution in [-0.2, 0) is 23.2 Å². The molecule has 3 heterocycles. The maximum Gasteiger partial charge on any atom is 0.227 e. The minimum Gasteiger partial charge on any atom is -0.341 e. The molecule has 1 fully saturated rings. The number of H-pyrrole nitrogens is 1. The number of amides is 1. The van der Waals surface area contributed by atoms with Crippen molar-refractivity contribution in [2.75, 3.05) is 26.2 Å². The van der Waals surface area contributed by atoms with Gasteiger partial charge in [-0.05, 0) is 30.5 Å². The van der Waals surface area contributed by atoms with Crippen LogP contribution in [0.2, 0.25) is 0 Å². The number of carbonyl (C=O) groups is 1. The van der Waals surface area contributed by atoms with E-state index in [0.717, 1.165) is 43.9 Å². The number of likely N-dealkylation sites (N-methyl/N-ethyl adjacent to an activating group) is 1. The molecule has 1 saturated heterocycles. The molecule has 0 spiro atoms. The SMILES string of the molecule is CCN1CCN(Cc2cn[nH]c2C(C)(C)C)C[C@H](Cc2ccccc2-c2cccnc2)C1=O. The van der Waals surface area contributed by atoms with Crippen LogP contribution in [-0.4, -0.2) is 57.1 Å². The van der Waals surface area contributed by atoms with Crippen molar-refractivity contribution < 1.29 is 4.79 Å². The minimum atomic E-state index is -0.0877. The molecule has 0 radical (unpaired) electrons. The molecule has 6 nitrogen and oxygen atoms in total. The molecule has 1 N–H and O–H groups in total. The standard InChI is InChI=1S/C27H35N5O/c1-5-32-14-13-31(19-23-17-29-30-25(23)27(2,3)4)18-22(26(32)33)15-20-9-6-7-11-24(20)21-10-8-12-28-16-21/h6-12,16-17,22H,5,13-15,18-19H2,1-4H3,(H,29,30)/t22-/m0/s1. The first kappa shape index (κ1) is 23.2. The van der Waals surface area contributed by atoms with Gasteiger partial charge in [-0.25, -0.2) is 0 Å².